The van der Waals surface area contributed by atoms with Crippen molar-refractivity contribution in [3.05, 3.63) is 76.4 Å². The lowest BCUT2D eigenvalue weighted by atomic mass is 10.2. The van der Waals surface area contributed by atoms with Gasteiger partial charge in [0.2, 0.25) is 5.91 Å². The Bertz CT molecular complexity index is 1330. The number of amides is 1. The number of rotatable bonds is 7. The first kappa shape index (κ1) is 21.6. The van der Waals surface area contributed by atoms with Crippen LogP contribution in [0.4, 0.5) is 5.82 Å². The molecule has 0 fully saturated rings. The molecule has 0 spiro atoms. The number of hydrogen-bond donors (Lipinski definition) is 1. The van der Waals surface area contributed by atoms with E-state index >= 15 is 0 Å². The van der Waals surface area contributed by atoms with Gasteiger partial charge in [-0.05, 0) is 42.8 Å². The smallest absolute Gasteiger partial charge is 0.225 e. The van der Waals surface area contributed by atoms with Gasteiger partial charge in [-0.2, -0.15) is 15.0 Å². The Morgan fingerprint density at radius 1 is 1.16 bits per heavy atom. The molecule has 9 heteroatoms. The molecule has 0 saturated heterocycles. The summed E-state index contributed by atoms with van der Waals surface area (Å²) in [5, 5.41) is 18.4. The molecular weight excluding hydrogens is 449 g/mol. The number of hydrogen-bond acceptors (Lipinski definition) is 5. The lowest BCUT2D eigenvalue weighted by Gasteiger charge is -2.10. The second-order valence-corrected chi connectivity index (χ2v) is 7.71. The van der Waals surface area contributed by atoms with Gasteiger partial charge < -0.3 is 10.1 Å². The van der Waals surface area contributed by atoms with Crippen LogP contribution in [0.2, 0.25) is 10.0 Å². The molecule has 0 aliphatic rings. The quantitative estimate of drug-likeness (QED) is 0.369. The van der Waals surface area contributed by atoms with Gasteiger partial charge in [-0.25, -0.2) is 4.98 Å². The van der Waals surface area contributed by atoms with Crippen LogP contribution in [0.5, 0.6) is 5.75 Å². The summed E-state index contributed by atoms with van der Waals surface area (Å²) >= 11 is 11.9. The summed E-state index contributed by atoms with van der Waals surface area (Å²) < 4.78 is 7.06. The molecule has 0 aliphatic carbocycles. The van der Waals surface area contributed by atoms with Crippen LogP contribution >= 0.6 is 23.2 Å². The first-order valence-electron chi connectivity index (χ1n) is 9.77. The summed E-state index contributed by atoms with van der Waals surface area (Å²) in [6.07, 6.45) is 2.04. The summed E-state index contributed by atoms with van der Waals surface area (Å²) in [5.74, 6) is 1.02. The molecule has 2 heterocycles. The molecule has 0 bridgehead atoms. The number of carbonyl (C=O) groups is 1. The second kappa shape index (κ2) is 9.69. The molecule has 2 aromatic carbocycles. The molecule has 7 nitrogen and oxygen atoms in total. The molecular formula is C23H17Cl2N5O2. The third kappa shape index (κ3) is 4.83. The second-order valence-electron chi connectivity index (χ2n) is 6.87. The van der Waals surface area contributed by atoms with Crippen molar-refractivity contribution in [2.24, 2.45) is 0 Å². The van der Waals surface area contributed by atoms with Crippen molar-refractivity contribution < 1.29 is 9.53 Å². The highest BCUT2D eigenvalue weighted by atomic mass is 35.5. The lowest BCUT2D eigenvalue weighted by molar-refractivity contribution is -0.116. The van der Waals surface area contributed by atoms with Crippen molar-refractivity contribution in [1.82, 2.24) is 14.8 Å². The van der Waals surface area contributed by atoms with E-state index < -0.39 is 0 Å². The van der Waals surface area contributed by atoms with Gasteiger partial charge in [-0.15, -0.1) is 0 Å². The largest absolute Gasteiger partial charge is 0.492 e. The molecule has 1 amide bonds. The number of benzene rings is 2. The van der Waals surface area contributed by atoms with Crippen molar-refractivity contribution in [1.29, 1.82) is 5.26 Å². The fourth-order valence-corrected chi connectivity index (χ4v) is 3.56. The van der Waals surface area contributed by atoms with Gasteiger partial charge in [0.05, 0.1) is 23.3 Å². The number of nitrogens with zero attached hydrogens (tertiary/aromatic N) is 4. The SMILES string of the molecule is N#Cc1cnn(-c2ccc3ccccc3n2)c1NC(=O)CCCOc1ccc(Cl)cc1Cl. The van der Waals surface area contributed by atoms with Gasteiger partial charge in [-0.1, -0.05) is 41.4 Å². The maximum absolute atomic E-state index is 12.5. The average molecular weight is 466 g/mol. The monoisotopic (exact) mass is 465 g/mol. The van der Waals surface area contributed by atoms with Gasteiger partial charge in [0, 0.05) is 16.8 Å². The van der Waals surface area contributed by atoms with Crippen molar-refractivity contribution >= 4 is 45.8 Å². The Balaban J connectivity index is 1.42. The number of pyridine rings is 1. The molecule has 2 aromatic heterocycles. The molecule has 0 unspecified atom stereocenters. The normalized spacial score (nSPS) is 10.7. The minimum atomic E-state index is -0.269. The topological polar surface area (TPSA) is 92.8 Å². The summed E-state index contributed by atoms with van der Waals surface area (Å²) in [7, 11) is 0. The zero-order chi connectivity index (χ0) is 22.5. The van der Waals surface area contributed by atoms with Crippen LogP contribution in [0.1, 0.15) is 18.4 Å². The number of carbonyl (C=O) groups excluding carboxylic acids is 1. The third-order valence-electron chi connectivity index (χ3n) is 4.65. The van der Waals surface area contributed by atoms with E-state index in [2.05, 4.69) is 21.5 Å². The Hall–Kier alpha value is -3.60. The minimum Gasteiger partial charge on any atom is -0.492 e. The zero-order valence-electron chi connectivity index (χ0n) is 16.8. The highest BCUT2D eigenvalue weighted by Crippen LogP contribution is 2.27. The van der Waals surface area contributed by atoms with E-state index in [1.807, 2.05) is 30.3 Å². The predicted molar refractivity (Wildman–Crippen MR) is 123 cm³/mol. The first-order chi connectivity index (χ1) is 15.5. The maximum Gasteiger partial charge on any atom is 0.225 e. The van der Waals surface area contributed by atoms with Crippen LogP contribution in [0.15, 0.2) is 60.8 Å². The van der Waals surface area contributed by atoms with E-state index in [0.29, 0.717) is 34.6 Å². The van der Waals surface area contributed by atoms with E-state index in [4.69, 9.17) is 27.9 Å². The third-order valence-corrected chi connectivity index (χ3v) is 5.18. The van der Waals surface area contributed by atoms with Crippen LogP contribution in [0, 0.1) is 11.3 Å². The fraction of sp³-hybridized carbons (Fsp3) is 0.130. The van der Waals surface area contributed by atoms with Crippen LogP contribution in [0.3, 0.4) is 0 Å². The van der Waals surface area contributed by atoms with E-state index in [0.717, 1.165) is 10.9 Å². The number of ether oxygens (including phenoxy) is 1. The summed E-state index contributed by atoms with van der Waals surface area (Å²) in [5.41, 5.74) is 1.03. The molecule has 0 saturated carbocycles. The van der Waals surface area contributed by atoms with E-state index in [1.54, 1.807) is 24.3 Å². The number of nitriles is 1. The number of halogens is 2. The van der Waals surface area contributed by atoms with E-state index in [9.17, 15) is 10.1 Å². The van der Waals surface area contributed by atoms with E-state index in [-0.39, 0.29) is 23.7 Å². The zero-order valence-corrected chi connectivity index (χ0v) is 18.3. The van der Waals surface area contributed by atoms with Crippen LogP contribution < -0.4 is 10.1 Å². The minimum absolute atomic E-state index is 0.187. The van der Waals surface area contributed by atoms with Crippen LogP contribution in [0.25, 0.3) is 16.7 Å². The van der Waals surface area contributed by atoms with Gasteiger partial charge in [0.15, 0.2) is 11.6 Å². The number of aromatic nitrogens is 3. The van der Waals surface area contributed by atoms with Gasteiger partial charge in [0.1, 0.15) is 17.4 Å². The molecule has 1 N–H and O–H groups in total. The number of nitrogens with one attached hydrogen (secondary N) is 1. The summed E-state index contributed by atoms with van der Waals surface area (Å²) in [6.45, 7) is 0.297. The molecule has 4 rings (SSSR count). The molecule has 160 valence electrons. The van der Waals surface area contributed by atoms with Gasteiger partial charge >= 0.3 is 0 Å². The Labute approximate surface area is 194 Å². The standard InChI is InChI=1S/C23H17Cl2N5O2/c24-17-8-9-20(18(25)12-17)32-11-3-6-22(31)29-23-16(13-26)14-27-30(23)21-10-7-15-4-1-2-5-19(15)28-21/h1-2,4-5,7-10,12,14H,3,6,11H2,(H,29,31). The van der Waals surface area contributed by atoms with Gasteiger partial charge in [0.25, 0.3) is 0 Å². The molecule has 4 aromatic rings. The highest BCUT2D eigenvalue weighted by molar-refractivity contribution is 6.35. The predicted octanol–water partition coefficient (Wildman–Crippen LogP) is 5.40. The summed E-state index contributed by atoms with van der Waals surface area (Å²) in [6, 6.07) is 18.4. The number of fused-ring (bicyclic) bond motifs is 1. The van der Waals surface area contributed by atoms with Crippen molar-refractivity contribution in [2.75, 3.05) is 11.9 Å². The number of anilines is 1. The lowest BCUT2D eigenvalue weighted by Crippen LogP contribution is -2.17. The maximum atomic E-state index is 12.5. The summed E-state index contributed by atoms with van der Waals surface area (Å²) in [4.78, 5) is 17.1. The molecule has 0 radical (unpaired) electrons. The molecule has 32 heavy (non-hydrogen) atoms. The van der Waals surface area contributed by atoms with Gasteiger partial charge in [-0.3, -0.25) is 4.79 Å². The first-order valence-corrected chi connectivity index (χ1v) is 10.5. The van der Waals surface area contributed by atoms with Crippen molar-refractivity contribution in [2.45, 2.75) is 12.8 Å². The Kier molecular flexibility index (Phi) is 6.55. The van der Waals surface area contributed by atoms with Crippen LogP contribution in [-0.2, 0) is 4.79 Å². The molecule has 0 atom stereocenters. The highest BCUT2D eigenvalue weighted by Gasteiger charge is 2.16. The Morgan fingerprint density at radius 3 is 2.81 bits per heavy atom. The fourth-order valence-electron chi connectivity index (χ4n) is 3.10. The number of para-hydroxylation sites is 1. The van der Waals surface area contributed by atoms with Crippen molar-refractivity contribution in [3.63, 3.8) is 0 Å². The Morgan fingerprint density at radius 2 is 2.00 bits per heavy atom. The van der Waals surface area contributed by atoms with Crippen molar-refractivity contribution in [3.8, 4) is 17.6 Å². The molecule has 0 aliphatic heterocycles. The van der Waals surface area contributed by atoms with Crippen LogP contribution in [-0.4, -0.2) is 27.3 Å². The van der Waals surface area contributed by atoms with E-state index in [1.165, 1.54) is 10.9 Å². The average Bonchev–Trinajstić information content (AvgIpc) is 3.20.